The van der Waals surface area contributed by atoms with Crippen LogP contribution in [-0.2, 0) is 0 Å². The molecule has 74 valence electrons. The van der Waals surface area contributed by atoms with Gasteiger partial charge in [-0.2, -0.15) is 0 Å². The summed E-state index contributed by atoms with van der Waals surface area (Å²) < 4.78 is 0.956. The van der Waals surface area contributed by atoms with Gasteiger partial charge in [0, 0.05) is 0 Å². The zero-order valence-corrected chi connectivity index (χ0v) is 9.86. The molecule has 0 saturated heterocycles. The van der Waals surface area contributed by atoms with Crippen molar-refractivity contribution in [3.05, 3.63) is 34.1 Å². The normalized spacial score (nSPS) is 11.0. The van der Waals surface area contributed by atoms with Gasteiger partial charge in [0.2, 0.25) is 0 Å². The molecular formula is C10H5ClN2S2. The third-order valence-electron chi connectivity index (χ3n) is 2.00. The van der Waals surface area contributed by atoms with Crippen molar-refractivity contribution >= 4 is 44.5 Å². The number of halogens is 1. The molecule has 0 atom stereocenters. The van der Waals surface area contributed by atoms with Crippen LogP contribution >= 0.6 is 34.3 Å². The van der Waals surface area contributed by atoms with E-state index in [0.29, 0.717) is 11.0 Å². The van der Waals surface area contributed by atoms with E-state index in [2.05, 4.69) is 9.97 Å². The van der Waals surface area contributed by atoms with Crippen LogP contribution in [0.5, 0.6) is 0 Å². The molecule has 3 rings (SSSR count). The van der Waals surface area contributed by atoms with Crippen molar-refractivity contribution in [3.63, 3.8) is 0 Å². The van der Waals surface area contributed by atoms with E-state index in [0.717, 1.165) is 15.1 Å². The fourth-order valence-corrected chi connectivity index (χ4v) is 3.02. The number of nitrogens with zero attached hydrogens (tertiary/aromatic N) is 2. The highest BCUT2D eigenvalue weighted by Gasteiger charge is 2.08. The van der Waals surface area contributed by atoms with Gasteiger partial charge in [-0.05, 0) is 22.9 Å². The minimum atomic E-state index is 0.540. The van der Waals surface area contributed by atoms with Crippen LogP contribution in [0.4, 0.5) is 0 Å². The van der Waals surface area contributed by atoms with Crippen molar-refractivity contribution in [2.45, 2.75) is 0 Å². The first-order chi connectivity index (χ1) is 7.34. The van der Waals surface area contributed by atoms with Crippen molar-refractivity contribution in [3.8, 4) is 10.7 Å². The van der Waals surface area contributed by atoms with E-state index in [1.165, 1.54) is 0 Å². The third-order valence-corrected chi connectivity index (χ3v) is 4.17. The summed E-state index contributed by atoms with van der Waals surface area (Å²) >= 11 is 9.27. The second kappa shape index (κ2) is 3.56. The second-order valence-electron chi connectivity index (χ2n) is 2.95. The maximum Gasteiger partial charge on any atom is 0.171 e. The second-order valence-corrected chi connectivity index (χ2v) is 5.17. The highest BCUT2D eigenvalue weighted by molar-refractivity contribution is 7.17. The van der Waals surface area contributed by atoms with Crippen molar-refractivity contribution in [2.24, 2.45) is 0 Å². The molecule has 0 bridgehead atoms. The molecule has 3 heterocycles. The summed E-state index contributed by atoms with van der Waals surface area (Å²) in [5.74, 6) is 0.709. The topological polar surface area (TPSA) is 25.8 Å². The average molecular weight is 253 g/mol. The van der Waals surface area contributed by atoms with Crippen molar-refractivity contribution < 1.29 is 0 Å². The van der Waals surface area contributed by atoms with E-state index >= 15 is 0 Å². The van der Waals surface area contributed by atoms with Crippen LogP contribution in [0.3, 0.4) is 0 Å². The molecular weight excluding hydrogens is 248 g/mol. The van der Waals surface area contributed by atoms with E-state index < -0.39 is 0 Å². The Morgan fingerprint density at radius 1 is 1.07 bits per heavy atom. The Kier molecular flexibility index (Phi) is 2.20. The summed E-state index contributed by atoms with van der Waals surface area (Å²) in [7, 11) is 0. The Labute approximate surface area is 99.2 Å². The molecule has 0 amide bonds. The summed E-state index contributed by atoms with van der Waals surface area (Å²) in [6.07, 6.45) is 0. The van der Waals surface area contributed by atoms with Gasteiger partial charge in [0.05, 0.1) is 15.1 Å². The molecule has 0 spiro atoms. The van der Waals surface area contributed by atoms with Gasteiger partial charge in [-0.15, -0.1) is 22.7 Å². The minimum absolute atomic E-state index is 0.540. The molecule has 5 heteroatoms. The molecule has 0 unspecified atom stereocenters. The predicted molar refractivity (Wildman–Crippen MR) is 65.7 cm³/mol. The van der Waals surface area contributed by atoms with Crippen molar-refractivity contribution in [1.29, 1.82) is 0 Å². The van der Waals surface area contributed by atoms with E-state index in [-0.39, 0.29) is 0 Å². The zero-order valence-electron chi connectivity index (χ0n) is 7.48. The van der Waals surface area contributed by atoms with Crippen LogP contribution in [0.1, 0.15) is 0 Å². The van der Waals surface area contributed by atoms with Gasteiger partial charge in [-0.25, -0.2) is 9.97 Å². The zero-order chi connectivity index (χ0) is 10.3. The van der Waals surface area contributed by atoms with Gasteiger partial charge >= 0.3 is 0 Å². The van der Waals surface area contributed by atoms with Crippen LogP contribution in [0.2, 0.25) is 5.15 Å². The highest BCUT2D eigenvalue weighted by Crippen LogP contribution is 2.29. The SMILES string of the molecule is Clc1nc(-c2cccs2)nc2ccsc12. The highest BCUT2D eigenvalue weighted by atomic mass is 35.5. The molecule has 0 radical (unpaired) electrons. The maximum absolute atomic E-state index is 6.08. The lowest BCUT2D eigenvalue weighted by Crippen LogP contribution is -1.86. The summed E-state index contributed by atoms with van der Waals surface area (Å²) in [6.45, 7) is 0. The molecule has 0 saturated carbocycles. The fraction of sp³-hybridized carbons (Fsp3) is 0. The molecule has 0 aliphatic carbocycles. The lowest BCUT2D eigenvalue weighted by Gasteiger charge is -1.97. The molecule has 15 heavy (non-hydrogen) atoms. The number of hydrogen-bond donors (Lipinski definition) is 0. The Morgan fingerprint density at radius 2 is 2.00 bits per heavy atom. The largest absolute Gasteiger partial charge is 0.226 e. The van der Waals surface area contributed by atoms with Gasteiger partial charge in [0.15, 0.2) is 11.0 Å². The molecule has 0 aromatic carbocycles. The van der Waals surface area contributed by atoms with Crippen molar-refractivity contribution in [1.82, 2.24) is 9.97 Å². The lowest BCUT2D eigenvalue weighted by molar-refractivity contribution is 1.25. The number of rotatable bonds is 1. The fourth-order valence-electron chi connectivity index (χ4n) is 1.34. The molecule has 0 fully saturated rings. The van der Waals surface area contributed by atoms with Crippen LogP contribution < -0.4 is 0 Å². The van der Waals surface area contributed by atoms with Gasteiger partial charge in [-0.1, -0.05) is 17.7 Å². The van der Waals surface area contributed by atoms with Gasteiger partial charge in [0.1, 0.15) is 0 Å². The number of thiophene rings is 2. The first kappa shape index (κ1) is 9.27. The number of fused-ring (bicyclic) bond motifs is 1. The molecule has 3 aromatic heterocycles. The lowest BCUT2D eigenvalue weighted by atomic mass is 10.4. The van der Waals surface area contributed by atoms with E-state index in [1.54, 1.807) is 22.7 Å². The standard InChI is InChI=1S/C10H5ClN2S2/c11-9-8-6(3-5-15-8)12-10(13-9)7-2-1-4-14-7/h1-5H. The number of aromatic nitrogens is 2. The van der Waals surface area contributed by atoms with Crippen LogP contribution in [0, 0.1) is 0 Å². The van der Waals surface area contributed by atoms with Crippen LogP contribution in [0.25, 0.3) is 20.9 Å². The van der Waals surface area contributed by atoms with E-state index in [9.17, 15) is 0 Å². The molecule has 0 N–H and O–H groups in total. The van der Waals surface area contributed by atoms with Gasteiger partial charge < -0.3 is 0 Å². The summed E-state index contributed by atoms with van der Waals surface area (Å²) in [5.41, 5.74) is 0.920. The minimum Gasteiger partial charge on any atom is -0.226 e. The smallest absolute Gasteiger partial charge is 0.171 e. The first-order valence-electron chi connectivity index (χ1n) is 4.29. The molecule has 3 aromatic rings. The van der Waals surface area contributed by atoms with E-state index in [4.69, 9.17) is 11.6 Å². The Bertz CT molecular complexity index is 601. The van der Waals surface area contributed by atoms with Crippen molar-refractivity contribution in [2.75, 3.05) is 0 Å². The summed E-state index contributed by atoms with van der Waals surface area (Å²) in [4.78, 5) is 9.80. The molecule has 0 aliphatic heterocycles. The quantitative estimate of drug-likeness (QED) is 0.610. The monoisotopic (exact) mass is 252 g/mol. The van der Waals surface area contributed by atoms with Crippen LogP contribution in [0.15, 0.2) is 29.0 Å². The summed E-state index contributed by atoms with van der Waals surface area (Å²) in [6, 6.07) is 5.94. The van der Waals surface area contributed by atoms with Crippen LogP contribution in [-0.4, -0.2) is 9.97 Å². The average Bonchev–Trinajstić information content (AvgIpc) is 2.88. The summed E-state index contributed by atoms with van der Waals surface area (Å²) in [5, 5.41) is 4.52. The van der Waals surface area contributed by atoms with Gasteiger partial charge in [0.25, 0.3) is 0 Å². The maximum atomic E-state index is 6.08. The predicted octanol–water partition coefficient (Wildman–Crippen LogP) is 4.07. The van der Waals surface area contributed by atoms with E-state index in [1.807, 2.05) is 29.0 Å². The molecule has 2 nitrogen and oxygen atoms in total. The first-order valence-corrected chi connectivity index (χ1v) is 6.43. The Morgan fingerprint density at radius 3 is 2.80 bits per heavy atom. The Hall–Kier alpha value is -0.970. The molecule has 0 aliphatic rings. The Balaban J connectivity index is 2.29. The third kappa shape index (κ3) is 1.55. The number of hydrogen-bond acceptors (Lipinski definition) is 4. The van der Waals surface area contributed by atoms with Gasteiger partial charge in [-0.3, -0.25) is 0 Å².